The van der Waals surface area contributed by atoms with Crippen LogP contribution in [0.3, 0.4) is 0 Å². The van der Waals surface area contributed by atoms with Crippen LogP contribution in [0.4, 0.5) is 4.79 Å². The van der Waals surface area contributed by atoms with Crippen LogP contribution in [0.1, 0.15) is 0 Å². The van der Waals surface area contributed by atoms with Crippen LogP contribution in [0.5, 0.6) is 0 Å². The Bertz CT molecular complexity index is 173. The first kappa shape index (κ1) is 7.80. The van der Waals surface area contributed by atoms with Gasteiger partial charge in [0.1, 0.15) is 0 Å². The smallest absolute Gasteiger partial charge is 0.409 e. The Hall–Kier alpha value is -1.30. The van der Waals surface area contributed by atoms with E-state index in [1.807, 2.05) is 0 Å². The molecular weight excluding hydrogens is 152 g/mol. The molecule has 1 saturated heterocycles. The van der Waals surface area contributed by atoms with Gasteiger partial charge in [0.15, 0.2) is 6.17 Å². The highest BCUT2D eigenvalue weighted by atomic mass is 16.4. The number of carboxylic acids is 1. The van der Waals surface area contributed by atoms with Gasteiger partial charge in [0.05, 0.1) is 0 Å². The van der Waals surface area contributed by atoms with Crippen molar-refractivity contribution in [3.05, 3.63) is 0 Å². The number of hydrogen-bond donors (Lipinski definition) is 3. The number of carbonyl (C=O) groups is 2. The summed E-state index contributed by atoms with van der Waals surface area (Å²) in [5.41, 5.74) is 0. The van der Waals surface area contributed by atoms with Gasteiger partial charge in [-0.3, -0.25) is 10.2 Å². The first-order valence-corrected chi connectivity index (χ1v) is 3.08. The Morgan fingerprint density at radius 1 is 1.45 bits per heavy atom. The summed E-state index contributed by atoms with van der Waals surface area (Å²) >= 11 is 0. The predicted molar refractivity (Wildman–Crippen MR) is 34.2 cm³/mol. The van der Waals surface area contributed by atoms with E-state index in [9.17, 15) is 9.59 Å². The molecule has 1 rings (SSSR count). The van der Waals surface area contributed by atoms with Crippen molar-refractivity contribution < 1.29 is 19.8 Å². The summed E-state index contributed by atoms with van der Waals surface area (Å²) in [7, 11) is 0. The molecule has 0 bridgehead atoms. The molecule has 1 amide bonds. The van der Waals surface area contributed by atoms with Gasteiger partial charge in [-0.1, -0.05) is 0 Å². The predicted octanol–water partition coefficient (Wildman–Crippen LogP) is -1.02. The normalized spacial score (nSPS) is 23.6. The van der Waals surface area contributed by atoms with Gasteiger partial charge < -0.3 is 10.2 Å². The molecule has 0 aliphatic carbocycles. The fraction of sp³-hybridized carbons (Fsp3) is 0.600. The number of hydrogen-bond acceptors (Lipinski definition) is 3. The highest BCUT2D eigenvalue weighted by Gasteiger charge is 2.33. The molecule has 0 aromatic carbocycles. The van der Waals surface area contributed by atoms with Gasteiger partial charge in [0.25, 0.3) is 0 Å². The van der Waals surface area contributed by atoms with Gasteiger partial charge in [-0.05, 0) is 0 Å². The Kier molecular flexibility index (Phi) is 1.95. The molecular formula is C5H8N2O4. The Labute approximate surface area is 62.4 Å². The van der Waals surface area contributed by atoms with E-state index in [-0.39, 0.29) is 6.54 Å². The van der Waals surface area contributed by atoms with Crippen LogP contribution in [-0.2, 0) is 4.79 Å². The van der Waals surface area contributed by atoms with E-state index in [2.05, 4.69) is 5.32 Å². The summed E-state index contributed by atoms with van der Waals surface area (Å²) in [4.78, 5) is 21.5. The van der Waals surface area contributed by atoms with E-state index in [0.717, 1.165) is 4.90 Å². The number of rotatable bonds is 1. The van der Waals surface area contributed by atoms with Gasteiger partial charge >= 0.3 is 12.1 Å². The lowest BCUT2D eigenvalue weighted by atomic mass is 10.5. The highest BCUT2D eigenvalue weighted by Crippen LogP contribution is 2.02. The maximum absolute atomic E-state index is 10.3. The van der Waals surface area contributed by atoms with E-state index in [0.29, 0.717) is 6.54 Å². The number of nitrogens with zero attached hydrogens (tertiary/aromatic N) is 1. The van der Waals surface area contributed by atoms with Gasteiger partial charge in [-0.2, -0.15) is 0 Å². The standard InChI is InChI=1S/C5H8N2O4/c8-4(9)3-6-1-2-7(3)5(10)11/h3,6H,1-2H2,(H,8,9)(H,10,11). The largest absolute Gasteiger partial charge is 0.479 e. The first-order valence-electron chi connectivity index (χ1n) is 3.08. The molecule has 1 fully saturated rings. The quantitative estimate of drug-likeness (QED) is 0.456. The monoisotopic (exact) mass is 160 g/mol. The Morgan fingerprint density at radius 2 is 2.09 bits per heavy atom. The second-order valence-corrected chi connectivity index (χ2v) is 2.17. The van der Waals surface area contributed by atoms with Gasteiger partial charge in [-0.25, -0.2) is 9.59 Å². The van der Waals surface area contributed by atoms with Crippen molar-refractivity contribution in [1.29, 1.82) is 0 Å². The molecule has 0 saturated carbocycles. The number of amides is 1. The zero-order chi connectivity index (χ0) is 8.43. The van der Waals surface area contributed by atoms with E-state index < -0.39 is 18.2 Å². The van der Waals surface area contributed by atoms with E-state index in [1.54, 1.807) is 0 Å². The minimum Gasteiger partial charge on any atom is -0.479 e. The third-order valence-electron chi connectivity index (χ3n) is 1.48. The molecule has 0 radical (unpaired) electrons. The molecule has 1 aliphatic rings. The van der Waals surface area contributed by atoms with Crippen LogP contribution >= 0.6 is 0 Å². The van der Waals surface area contributed by atoms with Gasteiger partial charge in [-0.15, -0.1) is 0 Å². The van der Waals surface area contributed by atoms with E-state index in [1.165, 1.54) is 0 Å². The average Bonchev–Trinajstić information content (AvgIpc) is 2.32. The summed E-state index contributed by atoms with van der Waals surface area (Å²) < 4.78 is 0. The third kappa shape index (κ3) is 1.40. The fourth-order valence-corrected chi connectivity index (χ4v) is 0.988. The Balaban J connectivity index is 2.65. The van der Waals surface area contributed by atoms with Crippen molar-refractivity contribution in [2.45, 2.75) is 6.17 Å². The van der Waals surface area contributed by atoms with Crippen LogP contribution in [0.15, 0.2) is 0 Å². The Morgan fingerprint density at radius 3 is 2.45 bits per heavy atom. The van der Waals surface area contributed by atoms with Crippen molar-refractivity contribution in [3.63, 3.8) is 0 Å². The van der Waals surface area contributed by atoms with Crippen LogP contribution in [0.25, 0.3) is 0 Å². The maximum atomic E-state index is 10.3. The molecule has 0 spiro atoms. The molecule has 1 unspecified atom stereocenters. The molecule has 1 heterocycles. The van der Waals surface area contributed by atoms with Crippen molar-refractivity contribution in [2.24, 2.45) is 0 Å². The molecule has 6 heteroatoms. The zero-order valence-corrected chi connectivity index (χ0v) is 5.65. The molecule has 1 atom stereocenters. The van der Waals surface area contributed by atoms with Crippen LogP contribution in [0.2, 0.25) is 0 Å². The molecule has 3 N–H and O–H groups in total. The van der Waals surface area contributed by atoms with Gasteiger partial charge in [0.2, 0.25) is 0 Å². The second kappa shape index (κ2) is 2.75. The number of carboxylic acid groups (broad SMARTS) is 2. The maximum Gasteiger partial charge on any atom is 0.409 e. The minimum absolute atomic E-state index is 0.228. The molecule has 6 nitrogen and oxygen atoms in total. The molecule has 1 aliphatic heterocycles. The van der Waals surface area contributed by atoms with Crippen LogP contribution in [0, 0.1) is 0 Å². The van der Waals surface area contributed by atoms with E-state index in [4.69, 9.17) is 10.2 Å². The molecule has 11 heavy (non-hydrogen) atoms. The summed E-state index contributed by atoms with van der Waals surface area (Å²) in [5.74, 6) is -1.16. The highest BCUT2D eigenvalue weighted by molar-refractivity contribution is 5.79. The minimum atomic E-state index is -1.21. The lowest BCUT2D eigenvalue weighted by Gasteiger charge is -2.15. The molecule has 0 aromatic heterocycles. The molecule has 62 valence electrons. The lowest BCUT2D eigenvalue weighted by Crippen LogP contribution is -2.44. The summed E-state index contributed by atoms with van der Waals surface area (Å²) in [6.45, 7) is 0.621. The van der Waals surface area contributed by atoms with Crippen molar-refractivity contribution in [1.82, 2.24) is 10.2 Å². The second-order valence-electron chi connectivity index (χ2n) is 2.17. The first-order chi connectivity index (χ1) is 5.13. The van der Waals surface area contributed by atoms with Crippen molar-refractivity contribution >= 4 is 12.1 Å². The summed E-state index contributed by atoms with van der Waals surface area (Å²) in [6.07, 6.45) is -2.28. The number of nitrogens with one attached hydrogen (secondary N) is 1. The topological polar surface area (TPSA) is 89.9 Å². The fourth-order valence-electron chi connectivity index (χ4n) is 0.988. The van der Waals surface area contributed by atoms with E-state index >= 15 is 0 Å². The van der Waals surface area contributed by atoms with Gasteiger partial charge in [0, 0.05) is 13.1 Å². The van der Waals surface area contributed by atoms with Crippen molar-refractivity contribution in [3.8, 4) is 0 Å². The SMILES string of the molecule is O=C(O)C1NCCN1C(=O)O. The van der Waals surface area contributed by atoms with Crippen LogP contribution < -0.4 is 5.32 Å². The lowest BCUT2D eigenvalue weighted by molar-refractivity contribution is -0.142. The van der Waals surface area contributed by atoms with Crippen molar-refractivity contribution in [2.75, 3.05) is 13.1 Å². The summed E-state index contributed by atoms with van der Waals surface area (Å²) in [6, 6.07) is 0. The molecule has 0 aromatic rings. The third-order valence-corrected chi connectivity index (χ3v) is 1.48. The number of aliphatic carboxylic acids is 1. The average molecular weight is 160 g/mol. The van der Waals surface area contributed by atoms with Crippen LogP contribution in [-0.4, -0.2) is 46.4 Å². The summed E-state index contributed by atoms with van der Waals surface area (Å²) in [5, 5.41) is 19.5. The zero-order valence-electron chi connectivity index (χ0n) is 5.65.